The van der Waals surface area contributed by atoms with Crippen LogP contribution in [-0.2, 0) is 0 Å². The summed E-state index contributed by atoms with van der Waals surface area (Å²) in [6.45, 7) is 2.13. The Labute approximate surface area is 119 Å². The van der Waals surface area contributed by atoms with Gasteiger partial charge in [0, 0.05) is 12.1 Å². The molecule has 5 nitrogen and oxygen atoms in total. The normalized spacial score (nSPS) is 15.4. The van der Waals surface area contributed by atoms with Crippen molar-refractivity contribution in [2.75, 3.05) is 6.54 Å². The molecule has 0 heterocycles. The van der Waals surface area contributed by atoms with Crippen LogP contribution in [0.2, 0.25) is 0 Å². The molecule has 3 unspecified atom stereocenters. The van der Waals surface area contributed by atoms with Gasteiger partial charge in [-0.1, -0.05) is 31.5 Å². The third-order valence-electron chi connectivity index (χ3n) is 3.13. The molecule has 20 heavy (non-hydrogen) atoms. The SMILES string of the molecule is CCCC(O)C(O)C(O)CCNC(=O)c1ccccc1. The summed E-state index contributed by atoms with van der Waals surface area (Å²) < 4.78 is 0. The number of amides is 1. The lowest BCUT2D eigenvalue weighted by Gasteiger charge is -2.22. The van der Waals surface area contributed by atoms with Crippen LogP contribution in [0.3, 0.4) is 0 Å². The van der Waals surface area contributed by atoms with Gasteiger partial charge in [-0.25, -0.2) is 0 Å². The number of carbonyl (C=O) groups is 1. The molecule has 0 aliphatic rings. The minimum Gasteiger partial charge on any atom is -0.390 e. The van der Waals surface area contributed by atoms with E-state index in [2.05, 4.69) is 5.32 Å². The lowest BCUT2D eigenvalue weighted by Crippen LogP contribution is -2.39. The molecule has 0 saturated heterocycles. The Morgan fingerprint density at radius 1 is 1.10 bits per heavy atom. The predicted octanol–water partition coefficient (Wildman–Crippen LogP) is 0.689. The highest BCUT2D eigenvalue weighted by molar-refractivity contribution is 5.94. The van der Waals surface area contributed by atoms with Gasteiger partial charge in [-0.3, -0.25) is 4.79 Å². The molecule has 112 valence electrons. The molecule has 5 heteroatoms. The van der Waals surface area contributed by atoms with Gasteiger partial charge in [-0.15, -0.1) is 0 Å². The Kier molecular flexibility index (Phi) is 7.22. The molecule has 0 spiro atoms. The smallest absolute Gasteiger partial charge is 0.251 e. The lowest BCUT2D eigenvalue weighted by atomic mass is 10.0. The molecule has 3 atom stereocenters. The number of benzene rings is 1. The van der Waals surface area contributed by atoms with Crippen molar-refractivity contribution in [1.29, 1.82) is 0 Å². The molecule has 0 aromatic heterocycles. The molecule has 0 saturated carbocycles. The standard InChI is InChI=1S/C15H23NO4/c1-2-6-12(17)14(19)13(18)9-10-16-15(20)11-7-4-3-5-8-11/h3-5,7-8,12-14,17-19H,2,6,9-10H2,1H3,(H,16,20). The average molecular weight is 281 g/mol. The summed E-state index contributed by atoms with van der Waals surface area (Å²) in [5.74, 6) is -0.221. The van der Waals surface area contributed by atoms with E-state index in [0.717, 1.165) is 6.42 Å². The summed E-state index contributed by atoms with van der Waals surface area (Å²) in [5.41, 5.74) is 0.550. The van der Waals surface area contributed by atoms with Crippen molar-refractivity contribution in [2.45, 2.75) is 44.5 Å². The quantitative estimate of drug-likeness (QED) is 0.564. The Bertz CT molecular complexity index is 396. The highest BCUT2D eigenvalue weighted by Gasteiger charge is 2.23. The van der Waals surface area contributed by atoms with Crippen LogP contribution in [0.15, 0.2) is 30.3 Å². The number of aliphatic hydroxyl groups excluding tert-OH is 3. The fourth-order valence-electron chi connectivity index (χ4n) is 1.92. The summed E-state index contributed by atoms with van der Waals surface area (Å²) in [6, 6.07) is 8.77. The van der Waals surface area contributed by atoms with Gasteiger partial charge in [0.25, 0.3) is 5.91 Å². The second-order valence-corrected chi connectivity index (χ2v) is 4.82. The van der Waals surface area contributed by atoms with Gasteiger partial charge in [0.1, 0.15) is 6.10 Å². The minimum atomic E-state index is -1.18. The Morgan fingerprint density at radius 3 is 2.30 bits per heavy atom. The molecule has 1 rings (SSSR count). The van der Waals surface area contributed by atoms with E-state index < -0.39 is 18.3 Å². The van der Waals surface area contributed by atoms with Crippen molar-refractivity contribution in [3.05, 3.63) is 35.9 Å². The first-order valence-electron chi connectivity index (χ1n) is 6.93. The van der Waals surface area contributed by atoms with Crippen LogP contribution in [0, 0.1) is 0 Å². The molecule has 4 N–H and O–H groups in total. The molecule has 0 aliphatic heterocycles. The van der Waals surface area contributed by atoms with Crippen molar-refractivity contribution < 1.29 is 20.1 Å². The Hall–Kier alpha value is -1.43. The Balaban J connectivity index is 2.31. The maximum absolute atomic E-state index is 11.7. The molecule has 1 aromatic rings. The maximum atomic E-state index is 11.7. The van der Waals surface area contributed by atoms with Gasteiger partial charge in [-0.2, -0.15) is 0 Å². The van der Waals surface area contributed by atoms with Crippen LogP contribution in [-0.4, -0.2) is 46.1 Å². The molecular weight excluding hydrogens is 258 g/mol. The van der Waals surface area contributed by atoms with E-state index in [1.165, 1.54) is 0 Å². The van der Waals surface area contributed by atoms with Crippen molar-refractivity contribution >= 4 is 5.91 Å². The van der Waals surface area contributed by atoms with Crippen LogP contribution in [0.5, 0.6) is 0 Å². The van der Waals surface area contributed by atoms with Crippen molar-refractivity contribution in [3.8, 4) is 0 Å². The van der Waals surface area contributed by atoms with Gasteiger partial charge >= 0.3 is 0 Å². The first-order chi connectivity index (χ1) is 9.56. The minimum absolute atomic E-state index is 0.195. The van der Waals surface area contributed by atoms with Crippen LogP contribution in [0.4, 0.5) is 0 Å². The first kappa shape index (κ1) is 16.6. The van der Waals surface area contributed by atoms with Gasteiger partial charge in [0.2, 0.25) is 0 Å². The van der Waals surface area contributed by atoms with E-state index in [1.54, 1.807) is 24.3 Å². The van der Waals surface area contributed by atoms with E-state index in [9.17, 15) is 20.1 Å². The highest BCUT2D eigenvalue weighted by Crippen LogP contribution is 2.08. The molecule has 0 radical (unpaired) electrons. The molecule has 0 bridgehead atoms. The van der Waals surface area contributed by atoms with E-state index in [-0.39, 0.29) is 18.9 Å². The Morgan fingerprint density at radius 2 is 1.70 bits per heavy atom. The number of hydrogen-bond acceptors (Lipinski definition) is 4. The topological polar surface area (TPSA) is 89.8 Å². The van der Waals surface area contributed by atoms with Crippen LogP contribution >= 0.6 is 0 Å². The predicted molar refractivity (Wildman–Crippen MR) is 76.3 cm³/mol. The number of carbonyl (C=O) groups excluding carboxylic acids is 1. The second kappa shape index (κ2) is 8.68. The van der Waals surface area contributed by atoms with E-state index >= 15 is 0 Å². The third kappa shape index (κ3) is 5.28. The summed E-state index contributed by atoms with van der Waals surface area (Å²) >= 11 is 0. The molecular formula is C15H23NO4. The highest BCUT2D eigenvalue weighted by atomic mass is 16.4. The van der Waals surface area contributed by atoms with Crippen molar-refractivity contribution in [2.24, 2.45) is 0 Å². The number of hydrogen-bond donors (Lipinski definition) is 4. The fraction of sp³-hybridized carbons (Fsp3) is 0.533. The summed E-state index contributed by atoms with van der Waals surface area (Å²) in [7, 11) is 0. The largest absolute Gasteiger partial charge is 0.390 e. The zero-order chi connectivity index (χ0) is 15.0. The van der Waals surface area contributed by atoms with Crippen LogP contribution in [0.25, 0.3) is 0 Å². The van der Waals surface area contributed by atoms with E-state index in [4.69, 9.17) is 0 Å². The second-order valence-electron chi connectivity index (χ2n) is 4.82. The van der Waals surface area contributed by atoms with Crippen molar-refractivity contribution in [1.82, 2.24) is 5.32 Å². The molecule has 1 aromatic carbocycles. The summed E-state index contributed by atoms with van der Waals surface area (Å²) in [6.07, 6.45) is -1.79. The maximum Gasteiger partial charge on any atom is 0.251 e. The van der Waals surface area contributed by atoms with Gasteiger partial charge in [-0.05, 0) is 25.0 Å². The number of rotatable bonds is 8. The number of aliphatic hydroxyl groups is 3. The molecule has 0 fully saturated rings. The zero-order valence-corrected chi connectivity index (χ0v) is 11.7. The van der Waals surface area contributed by atoms with Crippen LogP contribution in [0.1, 0.15) is 36.5 Å². The van der Waals surface area contributed by atoms with E-state index in [1.807, 2.05) is 13.0 Å². The molecule has 1 amide bonds. The number of nitrogens with one attached hydrogen (secondary N) is 1. The monoisotopic (exact) mass is 281 g/mol. The summed E-state index contributed by atoms with van der Waals surface area (Å²) in [4.78, 5) is 11.7. The van der Waals surface area contributed by atoms with Gasteiger partial charge in [0.15, 0.2) is 0 Å². The zero-order valence-electron chi connectivity index (χ0n) is 11.7. The average Bonchev–Trinajstić information content (AvgIpc) is 2.47. The lowest BCUT2D eigenvalue weighted by molar-refractivity contribution is -0.0636. The molecule has 0 aliphatic carbocycles. The van der Waals surface area contributed by atoms with E-state index in [0.29, 0.717) is 12.0 Å². The van der Waals surface area contributed by atoms with Crippen molar-refractivity contribution in [3.63, 3.8) is 0 Å². The van der Waals surface area contributed by atoms with Crippen LogP contribution < -0.4 is 5.32 Å². The first-order valence-corrected chi connectivity index (χ1v) is 6.93. The van der Waals surface area contributed by atoms with Gasteiger partial charge in [0.05, 0.1) is 12.2 Å². The van der Waals surface area contributed by atoms with Gasteiger partial charge < -0.3 is 20.6 Å². The third-order valence-corrected chi connectivity index (χ3v) is 3.13. The summed E-state index contributed by atoms with van der Waals surface area (Å²) in [5, 5.41) is 31.7. The fourth-order valence-corrected chi connectivity index (χ4v) is 1.92.